The van der Waals surface area contributed by atoms with Crippen molar-refractivity contribution >= 4 is 11.7 Å². The van der Waals surface area contributed by atoms with Gasteiger partial charge in [-0.2, -0.15) is 0 Å². The van der Waals surface area contributed by atoms with Crippen molar-refractivity contribution in [1.29, 1.82) is 0 Å². The van der Waals surface area contributed by atoms with E-state index in [0.717, 1.165) is 31.5 Å². The number of hydrogen-bond donors (Lipinski definition) is 2. The third-order valence-corrected chi connectivity index (χ3v) is 3.67. The lowest BCUT2D eigenvalue weighted by Gasteiger charge is -2.13. The van der Waals surface area contributed by atoms with Crippen molar-refractivity contribution in [1.82, 2.24) is 20.2 Å². The Morgan fingerprint density at radius 3 is 2.56 bits per heavy atom. The number of hydrogen-bond acceptors (Lipinski definition) is 5. The summed E-state index contributed by atoms with van der Waals surface area (Å²) in [4.78, 5) is 23.5. The number of carbonyl (C=O) groups is 1. The Balaban J connectivity index is 2.23. The summed E-state index contributed by atoms with van der Waals surface area (Å²) in [6, 6.07) is 11.4. The monoisotopic (exact) mass is 341 g/mol. The van der Waals surface area contributed by atoms with Gasteiger partial charge in [0.1, 0.15) is 11.5 Å². The minimum absolute atomic E-state index is 0.163. The molecule has 0 radical (unpaired) electrons. The highest BCUT2D eigenvalue weighted by Crippen LogP contribution is 2.17. The van der Waals surface area contributed by atoms with Gasteiger partial charge in [-0.1, -0.05) is 43.7 Å². The predicted molar refractivity (Wildman–Crippen MR) is 102 cm³/mol. The lowest BCUT2D eigenvalue weighted by molar-refractivity contribution is 0.0948. The fraction of sp³-hybridized carbons (Fsp3) is 0.421. The Labute approximate surface area is 149 Å². The number of likely N-dealkylation sites (N-methyl/N-ethyl adjacent to an activating group) is 1. The highest BCUT2D eigenvalue weighted by Gasteiger charge is 2.12. The summed E-state index contributed by atoms with van der Waals surface area (Å²) in [7, 11) is 4.04. The van der Waals surface area contributed by atoms with Crippen LogP contribution in [-0.4, -0.2) is 54.5 Å². The average Bonchev–Trinajstić information content (AvgIpc) is 2.62. The van der Waals surface area contributed by atoms with E-state index in [1.165, 1.54) is 0 Å². The summed E-state index contributed by atoms with van der Waals surface area (Å²) in [5.74, 6) is 1.05. The van der Waals surface area contributed by atoms with E-state index in [9.17, 15) is 4.79 Å². The van der Waals surface area contributed by atoms with E-state index >= 15 is 0 Å². The maximum absolute atomic E-state index is 12.4. The van der Waals surface area contributed by atoms with Crippen LogP contribution in [0.4, 0.5) is 5.82 Å². The van der Waals surface area contributed by atoms with Crippen molar-refractivity contribution in [2.24, 2.45) is 0 Å². The Kier molecular flexibility index (Phi) is 7.35. The van der Waals surface area contributed by atoms with Crippen LogP contribution in [0.25, 0.3) is 11.4 Å². The summed E-state index contributed by atoms with van der Waals surface area (Å²) in [6.07, 6.45) is 1.99. The second kappa shape index (κ2) is 9.74. The highest BCUT2D eigenvalue weighted by molar-refractivity contribution is 5.93. The number of anilines is 1. The zero-order chi connectivity index (χ0) is 18.1. The molecule has 134 valence electrons. The van der Waals surface area contributed by atoms with Crippen LogP contribution in [0.5, 0.6) is 0 Å². The fourth-order valence-electron chi connectivity index (χ4n) is 2.25. The third kappa shape index (κ3) is 6.15. The lowest BCUT2D eigenvalue weighted by Crippen LogP contribution is -2.26. The van der Waals surface area contributed by atoms with Crippen LogP contribution >= 0.6 is 0 Å². The molecule has 6 heteroatoms. The van der Waals surface area contributed by atoms with Crippen LogP contribution in [0.2, 0.25) is 0 Å². The Bertz CT molecular complexity index is 673. The molecule has 1 aromatic heterocycles. The molecule has 2 N–H and O–H groups in total. The third-order valence-electron chi connectivity index (χ3n) is 3.67. The van der Waals surface area contributed by atoms with E-state index in [1.54, 1.807) is 6.07 Å². The van der Waals surface area contributed by atoms with Gasteiger partial charge in [0.2, 0.25) is 0 Å². The second-order valence-electron chi connectivity index (χ2n) is 6.17. The molecule has 0 saturated carbocycles. The summed E-state index contributed by atoms with van der Waals surface area (Å²) < 4.78 is 0. The van der Waals surface area contributed by atoms with Gasteiger partial charge >= 0.3 is 0 Å². The molecule has 25 heavy (non-hydrogen) atoms. The molecule has 0 fully saturated rings. The van der Waals surface area contributed by atoms with Crippen molar-refractivity contribution in [2.75, 3.05) is 39.0 Å². The number of unbranched alkanes of at least 4 members (excludes halogenated alkanes) is 1. The number of carbonyl (C=O) groups excluding carboxylic acids is 1. The molecule has 0 aliphatic heterocycles. The summed E-state index contributed by atoms with van der Waals surface area (Å²) >= 11 is 0. The van der Waals surface area contributed by atoms with Crippen molar-refractivity contribution in [3.63, 3.8) is 0 Å². The molecule has 0 aliphatic carbocycles. The standard InChI is InChI=1S/C19H27N5O/c1-4-5-11-21-19(25)16-14-17(20-12-13-24(2)3)23-18(22-16)15-9-7-6-8-10-15/h6-10,14H,4-5,11-13H2,1-3H3,(H,21,25)(H,20,22,23). The van der Waals surface area contributed by atoms with Crippen LogP contribution < -0.4 is 10.6 Å². The molecule has 0 spiro atoms. The van der Waals surface area contributed by atoms with Gasteiger partial charge in [-0.3, -0.25) is 4.79 Å². The summed E-state index contributed by atoms with van der Waals surface area (Å²) in [5, 5.41) is 6.19. The first-order chi connectivity index (χ1) is 12.1. The maximum atomic E-state index is 12.4. The molecule has 1 heterocycles. The quantitative estimate of drug-likeness (QED) is 0.686. The Morgan fingerprint density at radius 2 is 1.88 bits per heavy atom. The van der Waals surface area contributed by atoms with Gasteiger partial charge in [-0.25, -0.2) is 9.97 Å². The molecule has 0 unspecified atom stereocenters. The van der Waals surface area contributed by atoms with E-state index < -0.39 is 0 Å². The number of nitrogens with zero attached hydrogens (tertiary/aromatic N) is 3. The topological polar surface area (TPSA) is 70.2 Å². The molecule has 0 saturated heterocycles. The smallest absolute Gasteiger partial charge is 0.270 e. The van der Waals surface area contributed by atoms with Crippen molar-refractivity contribution in [3.8, 4) is 11.4 Å². The molecule has 0 aliphatic rings. The van der Waals surface area contributed by atoms with Gasteiger partial charge in [0.15, 0.2) is 5.82 Å². The van der Waals surface area contributed by atoms with E-state index in [4.69, 9.17) is 0 Å². The minimum atomic E-state index is -0.163. The average molecular weight is 341 g/mol. The van der Waals surface area contributed by atoms with E-state index in [2.05, 4.69) is 32.4 Å². The number of nitrogens with one attached hydrogen (secondary N) is 2. The van der Waals surface area contributed by atoms with Crippen LogP contribution in [0.3, 0.4) is 0 Å². The number of aromatic nitrogens is 2. The number of amides is 1. The molecule has 2 rings (SSSR count). The zero-order valence-electron chi connectivity index (χ0n) is 15.2. The first kappa shape index (κ1) is 18.9. The molecular weight excluding hydrogens is 314 g/mol. The summed E-state index contributed by atoms with van der Waals surface area (Å²) in [6.45, 7) is 4.37. The maximum Gasteiger partial charge on any atom is 0.270 e. The van der Waals surface area contributed by atoms with Crippen LogP contribution in [0.15, 0.2) is 36.4 Å². The van der Waals surface area contributed by atoms with Crippen molar-refractivity contribution in [3.05, 3.63) is 42.1 Å². The predicted octanol–water partition coefficient (Wildman–Crippen LogP) is 2.65. The van der Waals surface area contributed by atoms with Gasteiger partial charge in [0, 0.05) is 31.3 Å². The van der Waals surface area contributed by atoms with E-state index in [1.807, 2.05) is 44.4 Å². The number of benzene rings is 1. The van der Waals surface area contributed by atoms with Crippen molar-refractivity contribution in [2.45, 2.75) is 19.8 Å². The SMILES string of the molecule is CCCCNC(=O)c1cc(NCCN(C)C)nc(-c2ccccc2)n1. The van der Waals surface area contributed by atoms with Crippen LogP contribution in [0.1, 0.15) is 30.3 Å². The molecule has 0 atom stereocenters. The fourth-order valence-corrected chi connectivity index (χ4v) is 2.25. The minimum Gasteiger partial charge on any atom is -0.369 e. The van der Waals surface area contributed by atoms with Gasteiger partial charge in [0.05, 0.1) is 0 Å². The lowest BCUT2D eigenvalue weighted by atomic mass is 10.2. The molecule has 0 bridgehead atoms. The normalized spacial score (nSPS) is 10.7. The molecule has 6 nitrogen and oxygen atoms in total. The Hall–Kier alpha value is -2.47. The van der Waals surface area contributed by atoms with E-state index in [-0.39, 0.29) is 5.91 Å². The van der Waals surface area contributed by atoms with E-state index in [0.29, 0.717) is 23.9 Å². The second-order valence-corrected chi connectivity index (χ2v) is 6.17. The molecule has 2 aromatic rings. The largest absolute Gasteiger partial charge is 0.369 e. The molecule has 1 aromatic carbocycles. The first-order valence-electron chi connectivity index (χ1n) is 8.71. The Morgan fingerprint density at radius 1 is 1.12 bits per heavy atom. The molecule has 1 amide bonds. The van der Waals surface area contributed by atoms with Crippen LogP contribution in [0, 0.1) is 0 Å². The van der Waals surface area contributed by atoms with Crippen molar-refractivity contribution < 1.29 is 4.79 Å². The summed E-state index contributed by atoms with van der Waals surface area (Å²) in [5.41, 5.74) is 1.28. The van der Waals surface area contributed by atoms with Gasteiger partial charge in [-0.05, 0) is 20.5 Å². The van der Waals surface area contributed by atoms with Crippen LogP contribution in [-0.2, 0) is 0 Å². The van der Waals surface area contributed by atoms with Gasteiger partial charge in [-0.15, -0.1) is 0 Å². The highest BCUT2D eigenvalue weighted by atomic mass is 16.1. The first-order valence-corrected chi connectivity index (χ1v) is 8.71. The van der Waals surface area contributed by atoms with Gasteiger partial charge in [0.25, 0.3) is 5.91 Å². The number of rotatable bonds is 9. The zero-order valence-corrected chi connectivity index (χ0v) is 15.2. The van der Waals surface area contributed by atoms with Gasteiger partial charge < -0.3 is 15.5 Å². The molecular formula is C19H27N5O.